The van der Waals surface area contributed by atoms with Crippen molar-refractivity contribution < 1.29 is 24.2 Å². The molecule has 3 heterocycles. The summed E-state index contributed by atoms with van der Waals surface area (Å²) in [6.07, 6.45) is 0. The number of aliphatic hydroxyl groups is 1. The Morgan fingerprint density at radius 1 is 1.09 bits per heavy atom. The molecule has 7 nitrogen and oxygen atoms in total. The number of hydrogen-bond acceptors (Lipinski definition) is 8. The molecular formula is C24H18N2O5S2. The first kappa shape index (κ1) is 21.2. The van der Waals surface area contributed by atoms with Crippen LogP contribution in [0.25, 0.3) is 10.2 Å². The molecule has 0 bridgehead atoms. The molecule has 0 spiro atoms. The highest BCUT2D eigenvalue weighted by molar-refractivity contribution is 7.22. The SMILES string of the molecule is COc1ccc2nc(N3C(=O)C(O)=C(C(=O)c4cccs4)[C@@H]3c3ccccc3OC)sc2c1. The minimum absolute atomic E-state index is 0.00351. The van der Waals surface area contributed by atoms with E-state index in [4.69, 9.17) is 9.47 Å². The van der Waals surface area contributed by atoms with E-state index in [1.807, 2.05) is 6.07 Å². The molecule has 0 aliphatic carbocycles. The highest BCUT2D eigenvalue weighted by atomic mass is 32.1. The summed E-state index contributed by atoms with van der Waals surface area (Å²) in [7, 11) is 3.10. The normalized spacial score (nSPS) is 16.0. The van der Waals surface area contributed by atoms with Crippen molar-refractivity contribution >= 4 is 49.7 Å². The third-order valence-corrected chi connectivity index (χ3v) is 7.31. The van der Waals surface area contributed by atoms with Gasteiger partial charge < -0.3 is 14.6 Å². The van der Waals surface area contributed by atoms with E-state index in [9.17, 15) is 14.7 Å². The number of ketones is 1. The van der Waals surface area contributed by atoms with Crippen LogP contribution in [0.2, 0.25) is 0 Å². The van der Waals surface area contributed by atoms with Crippen molar-refractivity contribution in [1.29, 1.82) is 0 Å². The third-order valence-electron chi connectivity index (χ3n) is 5.42. The van der Waals surface area contributed by atoms with Gasteiger partial charge in [-0.05, 0) is 35.7 Å². The van der Waals surface area contributed by atoms with E-state index in [2.05, 4.69) is 4.98 Å². The molecule has 1 aliphatic rings. The summed E-state index contributed by atoms with van der Waals surface area (Å²) in [5, 5.41) is 13.0. The highest BCUT2D eigenvalue weighted by Crippen LogP contribution is 2.46. The number of carbonyl (C=O) groups is 2. The molecule has 2 aromatic carbocycles. The molecule has 1 amide bonds. The lowest BCUT2D eigenvalue weighted by Gasteiger charge is -2.25. The number of carbonyl (C=O) groups excluding carboxylic acids is 2. The molecule has 166 valence electrons. The summed E-state index contributed by atoms with van der Waals surface area (Å²) >= 11 is 2.53. The summed E-state index contributed by atoms with van der Waals surface area (Å²) in [5.74, 6) is -0.509. The fourth-order valence-electron chi connectivity index (χ4n) is 3.88. The van der Waals surface area contributed by atoms with Crippen molar-refractivity contribution in [2.24, 2.45) is 0 Å². The van der Waals surface area contributed by atoms with E-state index in [1.165, 1.54) is 34.7 Å². The Labute approximate surface area is 197 Å². The van der Waals surface area contributed by atoms with Gasteiger partial charge in [0.1, 0.15) is 17.5 Å². The van der Waals surface area contributed by atoms with Gasteiger partial charge in [-0.3, -0.25) is 14.5 Å². The molecular weight excluding hydrogens is 460 g/mol. The van der Waals surface area contributed by atoms with Crippen molar-refractivity contribution in [3.8, 4) is 11.5 Å². The maximum atomic E-state index is 13.4. The van der Waals surface area contributed by atoms with Gasteiger partial charge in [0.05, 0.1) is 34.9 Å². The first-order chi connectivity index (χ1) is 16.0. The number of hydrogen-bond donors (Lipinski definition) is 1. The summed E-state index contributed by atoms with van der Waals surface area (Å²) in [5.41, 5.74) is 1.26. The molecule has 0 radical (unpaired) electrons. The zero-order chi connectivity index (χ0) is 23.1. The van der Waals surface area contributed by atoms with Crippen molar-refractivity contribution in [1.82, 2.24) is 4.98 Å². The number of Topliss-reactive ketones (excluding diaryl/α,β-unsaturated/α-hetero) is 1. The van der Waals surface area contributed by atoms with Crippen LogP contribution in [-0.2, 0) is 4.79 Å². The number of methoxy groups -OCH3 is 2. The van der Waals surface area contributed by atoms with Gasteiger partial charge in [-0.25, -0.2) is 4.98 Å². The Morgan fingerprint density at radius 3 is 2.64 bits per heavy atom. The number of nitrogens with zero attached hydrogens (tertiary/aromatic N) is 2. The second-order valence-electron chi connectivity index (χ2n) is 7.22. The molecule has 9 heteroatoms. The van der Waals surface area contributed by atoms with E-state index in [0.29, 0.717) is 32.6 Å². The Morgan fingerprint density at radius 2 is 1.91 bits per heavy atom. The summed E-state index contributed by atoms with van der Waals surface area (Å²) < 4.78 is 11.6. The molecule has 4 aromatic rings. The number of aliphatic hydroxyl groups excluding tert-OH is 1. The summed E-state index contributed by atoms with van der Waals surface area (Å²) in [6.45, 7) is 0. The van der Waals surface area contributed by atoms with E-state index in [-0.39, 0.29) is 5.57 Å². The van der Waals surface area contributed by atoms with E-state index >= 15 is 0 Å². The number of thiazole rings is 1. The number of amides is 1. The lowest BCUT2D eigenvalue weighted by Crippen LogP contribution is -2.31. The average Bonchev–Trinajstić information content (AvgIpc) is 3.57. The first-order valence-electron chi connectivity index (χ1n) is 9.96. The highest BCUT2D eigenvalue weighted by Gasteiger charge is 2.47. The van der Waals surface area contributed by atoms with Gasteiger partial charge in [0.2, 0.25) is 5.78 Å². The number of ether oxygens (including phenoxy) is 2. The second-order valence-corrected chi connectivity index (χ2v) is 9.18. The van der Waals surface area contributed by atoms with Crippen LogP contribution in [0.1, 0.15) is 21.3 Å². The molecule has 2 aromatic heterocycles. The molecule has 0 saturated heterocycles. The maximum Gasteiger partial charge on any atom is 0.296 e. The standard InChI is InChI=1S/C24H18N2O5S2/c1-30-13-9-10-15-18(12-13)33-24(25-15)26-20(14-6-3-4-7-16(14)31-2)19(22(28)23(26)29)21(27)17-8-5-11-32-17/h3-12,20,28H,1-2H3/t20-/m0/s1. The lowest BCUT2D eigenvalue weighted by atomic mass is 9.95. The van der Waals surface area contributed by atoms with Gasteiger partial charge in [-0.1, -0.05) is 35.6 Å². The largest absolute Gasteiger partial charge is 0.503 e. The van der Waals surface area contributed by atoms with Gasteiger partial charge in [0.15, 0.2) is 10.9 Å². The molecule has 0 saturated carbocycles. The molecule has 1 N–H and O–H groups in total. The quantitative estimate of drug-likeness (QED) is 0.385. The van der Waals surface area contributed by atoms with E-state index in [0.717, 1.165) is 4.70 Å². The van der Waals surface area contributed by atoms with Gasteiger partial charge in [-0.15, -0.1) is 11.3 Å². The average molecular weight is 479 g/mol. The number of aromatic nitrogens is 1. The third kappa shape index (κ3) is 3.46. The van der Waals surface area contributed by atoms with Crippen LogP contribution in [0, 0.1) is 0 Å². The molecule has 1 aliphatic heterocycles. The summed E-state index contributed by atoms with van der Waals surface area (Å²) in [4.78, 5) is 33.2. The Bertz CT molecular complexity index is 1410. The Hall–Kier alpha value is -3.69. The van der Waals surface area contributed by atoms with Crippen molar-refractivity contribution in [2.75, 3.05) is 19.1 Å². The van der Waals surface area contributed by atoms with Gasteiger partial charge in [0, 0.05) is 5.56 Å². The number of para-hydroxylation sites is 1. The van der Waals surface area contributed by atoms with Crippen LogP contribution in [0.4, 0.5) is 5.13 Å². The number of rotatable bonds is 6. The van der Waals surface area contributed by atoms with Crippen LogP contribution < -0.4 is 14.4 Å². The second kappa shape index (κ2) is 8.34. The Balaban J connectivity index is 1.70. The molecule has 1 atom stereocenters. The monoisotopic (exact) mass is 478 g/mol. The number of thiophene rings is 1. The number of benzene rings is 2. The van der Waals surface area contributed by atoms with Crippen LogP contribution in [0.15, 0.2) is 71.3 Å². The van der Waals surface area contributed by atoms with Crippen LogP contribution in [0.5, 0.6) is 11.5 Å². The number of anilines is 1. The Kier molecular flexibility index (Phi) is 5.35. The van der Waals surface area contributed by atoms with Gasteiger partial charge in [-0.2, -0.15) is 0 Å². The zero-order valence-electron chi connectivity index (χ0n) is 17.6. The van der Waals surface area contributed by atoms with Gasteiger partial charge >= 0.3 is 0 Å². The fraction of sp³-hybridized carbons (Fsp3) is 0.125. The van der Waals surface area contributed by atoms with Crippen molar-refractivity contribution in [2.45, 2.75) is 6.04 Å². The first-order valence-corrected chi connectivity index (χ1v) is 11.7. The summed E-state index contributed by atoms with van der Waals surface area (Å²) in [6, 6.07) is 15.1. The topological polar surface area (TPSA) is 89.0 Å². The van der Waals surface area contributed by atoms with Gasteiger partial charge in [0.25, 0.3) is 5.91 Å². The van der Waals surface area contributed by atoms with E-state index in [1.54, 1.807) is 61.0 Å². The fourth-order valence-corrected chi connectivity index (χ4v) is 5.58. The zero-order valence-corrected chi connectivity index (χ0v) is 19.3. The van der Waals surface area contributed by atoms with Crippen LogP contribution in [-0.4, -0.2) is 36.0 Å². The minimum atomic E-state index is -0.897. The molecule has 33 heavy (non-hydrogen) atoms. The van der Waals surface area contributed by atoms with E-state index < -0.39 is 23.5 Å². The molecule has 5 rings (SSSR count). The minimum Gasteiger partial charge on any atom is -0.503 e. The molecule has 0 unspecified atom stereocenters. The predicted molar refractivity (Wildman–Crippen MR) is 128 cm³/mol. The van der Waals surface area contributed by atoms with Crippen LogP contribution >= 0.6 is 22.7 Å². The predicted octanol–water partition coefficient (Wildman–Crippen LogP) is 5.16. The molecule has 0 fully saturated rings. The maximum absolute atomic E-state index is 13.4. The number of fused-ring (bicyclic) bond motifs is 1. The van der Waals surface area contributed by atoms with Crippen LogP contribution in [0.3, 0.4) is 0 Å². The lowest BCUT2D eigenvalue weighted by molar-refractivity contribution is -0.117. The smallest absolute Gasteiger partial charge is 0.296 e. The van der Waals surface area contributed by atoms with Crippen molar-refractivity contribution in [3.63, 3.8) is 0 Å². The van der Waals surface area contributed by atoms with Crippen molar-refractivity contribution in [3.05, 3.63) is 81.8 Å².